The van der Waals surface area contributed by atoms with Crippen molar-refractivity contribution >= 4 is 29.1 Å². The van der Waals surface area contributed by atoms with E-state index < -0.39 is 0 Å². The molecular weight excluding hydrogens is 386 g/mol. The number of anilines is 1. The monoisotopic (exact) mass is 403 g/mol. The normalized spacial score (nSPS) is 15.3. The molecule has 3 aromatic rings. The quantitative estimate of drug-likeness (QED) is 0.509. The molecule has 2 aliphatic rings. The Kier molecular flexibility index (Phi) is 4.32. The van der Waals surface area contributed by atoms with Gasteiger partial charge in [-0.15, -0.1) is 0 Å². The standard InChI is InChI=1S/C23H18ClN3O2/c24-20-6-3-9-25-22(20)26-10-12-27(13-11-26)23(29)15-7-8-17-16-4-1-2-5-18(16)21(28)19(17)14-15/h1-9,14H,10-13H2. The van der Waals surface area contributed by atoms with E-state index in [1.54, 1.807) is 18.3 Å². The molecule has 6 heteroatoms. The average molecular weight is 404 g/mol. The second-order valence-corrected chi connectivity index (χ2v) is 7.63. The number of benzene rings is 2. The van der Waals surface area contributed by atoms with E-state index in [1.807, 2.05) is 47.4 Å². The zero-order valence-corrected chi connectivity index (χ0v) is 16.4. The van der Waals surface area contributed by atoms with Gasteiger partial charge in [0.05, 0.1) is 5.02 Å². The molecule has 5 rings (SSSR count). The molecule has 144 valence electrons. The summed E-state index contributed by atoms with van der Waals surface area (Å²) in [6, 6.07) is 16.6. The van der Waals surface area contributed by atoms with Crippen LogP contribution in [0.5, 0.6) is 0 Å². The summed E-state index contributed by atoms with van der Waals surface area (Å²) in [4.78, 5) is 34.0. The predicted molar refractivity (Wildman–Crippen MR) is 113 cm³/mol. The van der Waals surface area contributed by atoms with Gasteiger partial charge in [0.15, 0.2) is 5.78 Å². The van der Waals surface area contributed by atoms with Crippen LogP contribution < -0.4 is 4.90 Å². The summed E-state index contributed by atoms with van der Waals surface area (Å²) in [6.45, 7) is 2.49. The molecule has 0 saturated carbocycles. The summed E-state index contributed by atoms with van der Waals surface area (Å²) in [5.74, 6) is 0.686. The Bertz CT molecular complexity index is 1140. The van der Waals surface area contributed by atoms with Crippen molar-refractivity contribution in [2.75, 3.05) is 31.1 Å². The number of amides is 1. The van der Waals surface area contributed by atoms with Crippen molar-refractivity contribution < 1.29 is 9.59 Å². The lowest BCUT2D eigenvalue weighted by Gasteiger charge is -2.35. The molecule has 1 aliphatic heterocycles. The molecule has 0 bridgehead atoms. The molecule has 2 heterocycles. The first-order valence-corrected chi connectivity index (χ1v) is 9.94. The number of halogens is 1. The predicted octanol–water partition coefficient (Wildman–Crippen LogP) is 3.91. The largest absolute Gasteiger partial charge is 0.352 e. The Morgan fingerprint density at radius 2 is 1.59 bits per heavy atom. The number of ketones is 1. The van der Waals surface area contributed by atoms with Crippen molar-refractivity contribution in [2.24, 2.45) is 0 Å². The summed E-state index contributed by atoms with van der Waals surface area (Å²) in [7, 11) is 0. The van der Waals surface area contributed by atoms with Crippen molar-refractivity contribution in [1.82, 2.24) is 9.88 Å². The first-order chi connectivity index (χ1) is 14.1. The summed E-state index contributed by atoms with van der Waals surface area (Å²) >= 11 is 6.24. The van der Waals surface area contributed by atoms with Crippen LogP contribution in [0, 0.1) is 0 Å². The molecule has 1 amide bonds. The molecule has 1 fully saturated rings. The van der Waals surface area contributed by atoms with E-state index in [9.17, 15) is 9.59 Å². The lowest BCUT2D eigenvalue weighted by atomic mass is 10.0. The molecule has 0 atom stereocenters. The number of hydrogen-bond acceptors (Lipinski definition) is 4. The second kappa shape index (κ2) is 7.01. The molecule has 1 saturated heterocycles. The van der Waals surface area contributed by atoms with Crippen LogP contribution >= 0.6 is 11.6 Å². The van der Waals surface area contributed by atoms with Crippen molar-refractivity contribution in [3.8, 4) is 11.1 Å². The van der Waals surface area contributed by atoms with Crippen LogP contribution in [0.2, 0.25) is 5.02 Å². The summed E-state index contributed by atoms with van der Waals surface area (Å²) in [5.41, 5.74) is 3.70. The number of pyridine rings is 1. The third-order valence-electron chi connectivity index (χ3n) is 5.58. The minimum absolute atomic E-state index is 0.0140. The van der Waals surface area contributed by atoms with Crippen LogP contribution in [0.25, 0.3) is 11.1 Å². The van der Waals surface area contributed by atoms with Crippen molar-refractivity contribution in [2.45, 2.75) is 0 Å². The van der Waals surface area contributed by atoms with Gasteiger partial charge in [0.2, 0.25) is 0 Å². The molecule has 29 heavy (non-hydrogen) atoms. The molecule has 0 unspecified atom stereocenters. The lowest BCUT2D eigenvalue weighted by molar-refractivity contribution is 0.0746. The molecule has 2 aromatic carbocycles. The molecule has 0 radical (unpaired) electrons. The highest BCUT2D eigenvalue weighted by Gasteiger charge is 2.29. The minimum Gasteiger partial charge on any atom is -0.352 e. The molecule has 5 nitrogen and oxygen atoms in total. The van der Waals surface area contributed by atoms with Gasteiger partial charge < -0.3 is 9.80 Å². The highest BCUT2D eigenvalue weighted by molar-refractivity contribution is 6.32. The molecule has 1 aliphatic carbocycles. The Labute approximate surface area is 173 Å². The number of rotatable bonds is 2. The Morgan fingerprint density at radius 1 is 0.862 bits per heavy atom. The van der Waals surface area contributed by atoms with Gasteiger partial charge >= 0.3 is 0 Å². The summed E-state index contributed by atoms with van der Waals surface area (Å²) < 4.78 is 0. The Hall–Kier alpha value is -3.18. The van der Waals surface area contributed by atoms with Gasteiger partial charge in [-0.2, -0.15) is 0 Å². The van der Waals surface area contributed by atoms with E-state index in [4.69, 9.17) is 11.6 Å². The number of hydrogen-bond donors (Lipinski definition) is 0. The van der Waals surface area contributed by atoms with E-state index in [1.165, 1.54) is 0 Å². The van der Waals surface area contributed by atoms with E-state index in [0.29, 0.717) is 47.9 Å². The molecular formula is C23H18ClN3O2. The van der Waals surface area contributed by atoms with Gasteiger partial charge in [0, 0.05) is 49.1 Å². The zero-order chi connectivity index (χ0) is 20.0. The maximum Gasteiger partial charge on any atom is 0.253 e. The van der Waals surface area contributed by atoms with Crippen LogP contribution in [0.3, 0.4) is 0 Å². The van der Waals surface area contributed by atoms with E-state index in [-0.39, 0.29) is 11.7 Å². The zero-order valence-electron chi connectivity index (χ0n) is 15.6. The number of nitrogens with zero attached hydrogens (tertiary/aromatic N) is 3. The molecule has 1 aromatic heterocycles. The minimum atomic E-state index is -0.0525. The summed E-state index contributed by atoms with van der Waals surface area (Å²) in [5, 5.41) is 0.615. The first kappa shape index (κ1) is 17.9. The third kappa shape index (κ3) is 2.98. The SMILES string of the molecule is O=C1c2ccccc2-c2ccc(C(=O)N3CCN(c4ncccc4Cl)CC3)cc21. The number of carbonyl (C=O) groups excluding carboxylic acids is 2. The maximum absolute atomic E-state index is 13.0. The van der Waals surface area contributed by atoms with E-state index in [0.717, 1.165) is 16.9 Å². The third-order valence-corrected chi connectivity index (χ3v) is 5.87. The van der Waals surface area contributed by atoms with E-state index >= 15 is 0 Å². The van der Waals surface area contributed by atoms with Gasteiger partial charge in [0.25, 0.3) is 5.91 Å². The Morgan fingerprint density at radius 3 is 2.34 bits per heavy atom. The van der Waals surface area contributed by atoms with Gasteiger partial charge in [-0.05, 0) is 35.4 Å². The van der Waals surface area contributed by atoms with Crippen LogP contribution in [-0.2, 0) is 0 Å². The molecule has 0 spiro atoms. The van der Waals surface area contributed by atoms with Crippen LogP contribution in [0.1, 0.15) is 26.3 Å². The summed E-state index contributed by atoms with van der Waals surface area (Å²) in [6.07, 6.45) is 1.72. The highest BCUT2D eigenvalue weighted by Crippen LogP contribution is 2.37. The van der Waals surface area contributed by atoms with Gasteiger partial charge in [-0.1, -0.05) is 41.9 Å². The van der Waals surface area contributed by atoms with Gasteiger partial charge in [-0.25, -0.2) is 4.98 Å². The fraction of sp³-hybridized carbons (Fsp3) is 0.174. The smallest absolute Gasteiger partial charge is 0.253 e. The number of aromatic nitrogens is 1. The van der Waals surface area contributed by atoms with Crippen molar-refractivity contribution in [1.29, 1.82) is 0 Å². The van der Waals surface area contributed by atoms with Crippen molar-refractivity contribution in [3.05, 3.63) is 82.5 Å². The highest BCUT2D eigenvalue weighted by atomic mass is 35.5. The van der Waals surface area contributed by atoms with Gasteiger partial charge in [0.1, 0.15) is 5.82 Å². The fourth-order valence-electron chi connectivity index (χ4n) is 4.08. The molecule has 0 N–H and O–H groups in total. The average Bonchev–Trinajstić information content (AvgIpc) is 3.06. The number of carbonyl (C=O) groups is 2. The topological polar surface area (TPSA) is 53.5 Å². The number of fused-ring (bicyclic) bond motifs is 3. The lowest BCUT2D eigenvalue weighted by Crippen LogP contribution is -2.49. The van der Waals surface area contributed by atoms with Crippen LogP contribution in [0.15, 0.2) is 60.8 Å². The van der Waals surface area contributed by atoms with Crippen molar-refractivity contribution in [3.63, 3.8) is 0 Å². The second-order valence-electron chi connectivity index (χ2n) is 7.22. The van der Waals surface area contributed by atoms with Crippen LogP contribution in [-0.4, -0.2) is 47.8 Å². The maximum atomic E-state index is 13.0. The first-order valence-electron chi connectivity index (χ1n) is 9.56. The fourth-order valence-corrected chi connectivity index (χ4v) is 4.32. The van der Waals surface area contributed by atoms with E-state index in [2.05, 4.69) is 9.88 Å². The Balaban J connectivity index is 1.34. The number of piperazine rings is 1. The van der Waals surface area contributed by atoms with Gasteiger partial charge in [-0.3, -0.25) is 9.59 Å². The van der Waals surface area contributed by atoms with Crippen LogP contribution in [0.4, 0.5) is 5.82 Å².